The lowest BCUT2D eigenvalue weighted by Crippen LogP contribution is -2.24. The van der Waals surface area contributed by atoms with E-state index < -0.39 is 0 Å². The van der Waals surface area contributed by atoms with Crippen molar-refractivity contribution in [2.75, 3.05) is 19.8 Å². The second kappa shape index (κ2) is 6.13. The molecule has 0 aromatic heterocycles. The van der Waals surface area contributed by atoms with E-state index in [2.05, 4.69) is 10.5 Å². The van der Waals surface area contributed by atoms with Gasteiger partial charge in [0.25, 0.3) is 0 Å². The summed E-state index contributed by atoms with van der Waals surface area (Å²) in [6.45, 7) is 0.651. The summed E-state index contributed by atoms with van der Waals surface area (Å²) in [6.07, 6.45) is 0.587. The predicted molar refractivity (Wildman–Crippen MR) is 67.2 cm³/mol. The molecular weight excluding hydrogens is 259 g/mol. The summed E-state index contributed by atoms with van der Waals surface area (Å²) in [6, 6.07) is 4.67. The molecule has 0 amide bonds. The SMILES string of the molecule is OCCONC1=NC[C@@H](c2ccc(Cl)cc2F)C1. The number of halogens is 2. The third-order valence-electron chi connectivity index (χ3n) is 2.73. The van der Waals surface area contributed by atoms with Crippen LogP contribution >= 0.6 is 11.6 Å². The van der Waals surface area contributed by atoms with Gasteiger partial charge >= 0.3 is 0 Å². The molecule has 0 saturated heterocycles. The highest BCUT2D eigenvalue weighted by Crippen LogP contribution is 2.28. The predicted octanol–water partition coefficient (Wildman–Crippen LogP) is 1.88. The number of hydrogen-bond donors (Lipinski definition) is 2. The molecule has 18 heavy (non-hydrogen) atoms. The van der Waals surface area contributed by atoms with E-state index in [-0.39, 0.29) is 24.9 Å². The van der Waals surface area contributed by atoms with Gasteiger partial charge in [0.15, 0.2) is 0 Å². The van der Waals surface area contributed by atoms with E-state index in [1.165, 1.54) is 6.07 Å². The average molecular weight is 273 g/mol. The number of hydroxylamine groups is 1. The first kappa shape index (κ1) is 13.3. The number of aliphatic imine (C=N–C) groups is 1. The largest absolute Gasteiger partial charge is 0.394 e. The minimum Gasteiger partial charge on any atom is -0.394 e. The van der Waals surface area contributed by atoms with Gasteiger partial charge in [0.1, 0.15) is 11.7 Å². The van der Waals surface area contributed by atoms with E-state index in [1.807, 2.05) is 0 Å². The highest BCUT2D eigenvalue weighted by molar-refractivity contribution is 6.30. The number of rotatable bonds is 4. The Kier molecular flexibility index (Phi) is 4.52. The zero-order valence-corrected chi connectivity index (χ0v) is 10.5. The number of nitrogens with one attached hydrogen (secondary N) is 1. The van der Waals surface area contributed by atoms with Crippen molar-refractivity contribution in [2.24, 2.45) is 4.99 Å². The lowest BCUT2D eigenvalue weighted by atomic mass is 9.97. The quantitative estimate of drug-likeness (QED) is 0.650. The third-order valence-corrected chi connectivity index (χ3v) is 2.96. The van der Waals surface area contributed by atoms with Crippen LogP contribution in [-0.2, 0) is 4.84 Å². The Morgan fingerprint density at radius 1 is 1.56 bits per heavy atom. The molecule has 0 bridgehead atoms. The molecule has 0 aliphatic carbocycles. The van der Waals surface area contributed by atoms with Crippen LogP contribution in [-0.4, -0.2) is 30.7 Å². The lowest BCUT2D eigenvalue weighted by molar-refractivity contribution is 0.0525. The number of aliphatic hydroxyl groups excluding tert-OH is 1. The van der Waals surface area contributed by atoms with Crippen molar-refractivity contribution >= 4 is 17.4 Å². The summed E-state index contributed by atoms with van der Waals surface area (Å²) in [7, 11) is 0. The Hall–Kier alpha value is -1.17. The van der Waals surface area contributed by atoms with E-state index >= 15 is 0 Å². The molecule has 2 N–H and O–H groups in total. The molecule has 98 valence electrons. The Labute approximate surface area is 109 Å². The monoisotopic (exact) mass is 272 g/mol. The molecular formula is C12H14ClFN2O2. The molecule has 2 rings (SSSR count). The van der Waals surface area contributed by atoms with Gasteiger partial charge in [-0.1, -0.05) is 17.7 Å². The minimum absolute atomic E-state index is 0.00231. The molecule has 0 fully saturated rings. The first-order valence-corrected chi connectivity index (χ1v) is 6.05. The van der Waals surface area contributed by atoms with Crippen LogP contribution in [0.2, 0.25) is 5.02 Å². The van der Waals surface area contributed by atoms with E-state index in [4.69, 9.17) is 21.5 Å². The fourth-order valence-electron chi connectivity index (χ4n) is 1.88. The molecule has 1 aliphatic rings. The van der Waals surface area contributed by atoms with Gasteiger partial charge in [-0.05, 0) is 17.7 Å². The van der Waals surface area contributed by atoms with E-state index in [1.54, 1.807) is 12.1 Å². The van der Waals surface area contributed by atoms with E-state index in [9.17, 15) is 4.39 Å². The van der Waals surface area contributed by atoms with Crippen LogP contribution in [0.1, 0.15) is 17.9 Å². The minimum atomic E-state index is -0.305. The van der Waals surface area contributed by atoms with Crippen molar-refractivity contribution in [3.63, 3.8) is 0 Å². The standard InChI is InChI=1S/C12H14ClFN2O2/c13-9-1-2-10(11(14)6-9)8-5-12(15-7-8)16-18-4-3-17/h1-2,6,8,17H,3-5,7H2,(H,15,16)/t8-/m0/s1. The molecule has 1 heterocycles. The lowest BCUT2D eigenvalue weighted by Gasteiger charge is -2.11. The molecule has 0 spiro atoms. The Bertz CT molecular complexity index is 454. The molecule has 1 aliphatic heterocycles. The number of aliphatic hydroxyl groups is 1. The van der Waals surface area contributed by atoms with Gasteiger partial charge in [0.05, 0.1) is 13.2 Å². The maximum absolute atomic E-state index is 13.7. The molecule has 0 unspecified atom stereocenters. The zero-order chi connectivity index (χ0) is 13.0. The zero-order valence-electron chi connectivity index (χ0n) is 9.70. The normalized spacial score (nSPS) is 18.8. The van der Waals surface area contributed by atoms with Crippen LogP contribution in [0.25, 0.3) is 0 Å². The van der Waals surface area contributed by atoms with Crippen LogP contribution < -0.4 is 5.48 Å². The highest BCUT2D eigenvalue weighted by Gasteiger charge is 2.23. The summed E-state index contributed by atoms with van der Waals surface area (Å²) in [5.41, 5.74) is 3.27. The molecule has 1 atom stereocenters. The number of nitrogens with zero attached hydrogens (tertiary/aromatic N) is 1. The molecule has 1 aromatic rings. The van der Waals surface area contributed by atoms with E-state index in [0.29, 0.717) is 29.4 Å². The van der Waals surface area contributed by atoms with Gasteiger partial charge in [0, 0.05) is 23.9 Å². The van der Waals surface area contributed by atoms with Crippen LogP contribution in [0, 0.1) is 5.82 Å². The maximum Gasteiger partial charge on any atom is 0.128 e. The van der Waals surface area contributed by atoms with Gasteiger partial charge in [-0.15, -0.1) is 0 Å². The number of benzene rings is 1. The number of amidine groups is 1. The van der Waals surface area contributed by atoms with Gasteiger partial charge in [-0.25, -0.2) is 4.39 Å². The Morgan fingerprint density at radius 2 is 2.39 bits per heavy atom. The second-order valence-electron chi connectivity index (χ2n) is 4.03. The summed E-state index contributed by atoms with van der Waals surface area (Å²) in [4.78, 5) is 9.18. The van der Waals surface area contributed by atoms with Crippen LogP contribution in [0.5, 0.6) is 0 Å². The molecule has 4 nitrogen and oxygen atoms in total. The maximum atomic E-state index is 13.7. The van der Waals surface area contributed by atoms with Crippen molar-refractivity contribution in [1.82, 2.24) is 5.48 Å². The molecule has 1 aromatic carbocycles. The van der Waals surface area contributed by atoms with Gasteiger partial charge in [0.2, 0.25) is 0 Å². The summed E-state index contributed by atoms with van der Waals surface area (Å²) in [5, 5.41) is 8.95. The van der Waals surface area contributed by atoms with Gasteiger partial charge < -0.3 is 5.11 Å². The molecule has 0 radical (unpaired) electrons. The smallest absolute Gasteiger partial charge is 0.128 e. The first-order chi connectivity index (χ1) is 8.70. The van der Waals surface area contributed by atoms with Gasteiger partial charge in [-0.3, -0.25) is 15.3 Å². The Morgan fingerprint density at radius 3 is 3.11 bits per heavy atom. The summed E-state index contributed by atoms with van der Waals surface area (Å²) in [5.74, 6) is 0.366. The highest BCUT2D eigenvalue weighted by atomic mass is 35.5. The first-order valence-electron chi connectivity index (χ1n) is 5.67. The van der Waals surface area contributed by atoms with Crippen molar-refractivity contribution < 1.29 is 14.3 Å². The molecule has 6 heteroatoms. The van der Waals surface area contributed by atoms with E-state index in [0.717, 1.165) is 0 Å². The van der Waals surface area contributed by atoms with Crippen LogP contribution in [0.3, 0.4) is 0 Å². The second-order valence-corrected chi connectivity index (χ2v) is 4.46. The third kappa shape index (κ3) is 3.19. The Balaban J connectivity index is 1.94. The van der Waals surface area contributed by atoms with Crippen molar-refractivity contribution in [3.05, 3.63) is 34.6 Å². The van der Waals surface area contributed by atoms with Crippen molar-refractivity contribution in [1.29, 1.82) is 0 Å². The summed E-state index contributed by atoms with van der Waals surface area (Å²) >= 11 is 5.71. The van der Waals surface area contributed by atoms with Crippen molar-refractivity contribution in [3.8, 4) is 0 Å². The number of hydrogen-bond acceptors (Lipinski definition) is 4. The fraction of sp³-hybridized carbons (Fsp3) is 0.417. The summed E-state index contributed by atoms with van der Waals surface area (Å²) < 4.78 is 13.7. The van der Waals surface area contributed by atoms with Gasteiger partial charge in [-0.2, -0.15) is 0 Å². The fourth-order valence-corrected chi connectivity index (χ4v) is 2.04. The van der Waals surface area contributed by atoms with Crippen LogP contribution in [0.4, 0.5) is 4.39 Å². The topological polar surface area (TPSA) is 53.9 Å². The average Bonchev–Trinajstić information content (AvgIpc) is 2.78. The van der Waals surface area contributed by atoms with Crippen LogP contribution in [0.15, 0.2) is 23.2 Å². The van der Waals surface area contributed by atoms with Crippen molar-refractivity contribution in [2.45, 2.75) is 12.3 Å². The molecule has 0 saturated carbocycles.